The fourth-order valence-corrected chi connectivity index (χ4v) is 3.33. The van der Waals surface area contributed by atoms with Gasteiger partial charge in [0.15, 0.2) is 11.5 Å². The van der Waals surface area contributed by atoms with Gasteiger partial charge in [0.05, 0.1) is 23.5 Å². The van der Waals surface area contributed by atoms with Crippen LogP contribution >= 0.6 is 11.6 Å². The van der Waals surface area contributed by atoms with Gasteiger partial charge in [0.25, 0.3) is 0 Å². The average Bonchev–Trinajstić information content (AvgIpc) is 3.28. The maximum atomic E-state index is 14.1. The lowest BCUT2D eigenvalue weighted by atomic mass is 10.0. The minimum absolute atomic E-state index is 0.0373. The van der Waals surface area contributed by atoms with Crippen LogP contribution in [-0.4, -0.2) is 9.78 Å². The lowest BCUT2D eigenvalue weighted by Crippen LogP contribution is -2.16. The fourth-order valence-electron chi connectivity index (χ4n) is 3.05. The summed E-state index contributed by atoms with van der Waals surface area (Å²) in [7, 11) is 0. The van der Waals surface area contributed by atoms with Crippen LogP contribution in [-0.2, 0) is 11.0 Å². The maximum Gasteiger partial charge on any atom is 0.434 e. The smallest absolute Gasteiger partial charge is 0.407 e. The highest BCUT2D eigenvalue weighted by molar-refractivity contribution is 6.31. The van der Waals surface area contributed by atoms with Gasteiger partial charge in [0.2, 0.25) is 0 Å². The summed E-state index contributed by atoms with van der Waals surface area (Å²) in [6.07, 6.45) is -2.60. The molecule has 1 aliphatic heterocycles. The Labute approximate surface area is 166 Å². The normalized spacial score (nSPS) is 16.6. The van der Waals surface area contributed by atoms with E-state index in [9.17, 15) is 22.0 Å². The quantitative estimate of drug-likeness (QED) is 0.566. The van der Waals surface area contributed by atoms with Gasteiger partial charge < -0.3 is 4.84 Å². The van der Waals surface area contributed by atoms with E-state index in [0.29, 0.717) is 4.68 Å². The van der Waals surface area contributed by atoms with Crippen LogP contribution in [0.3, 0.4) is 0 Å². The van der Waals surface area contributed by atoms with Crippen LogP contribution in [0.5, 0.6) is 0 Å². The molecule has 0 saturated heterocycles. The largest absolute Gasteiger partial charge is 0.434 e. The molecule has 1 aromatic heterocycles. The van der Waals surface area contributed by atoms with E-state index in [4.69, 9.17) is 16.4 Å². The molecule has 0 amide bonds. The van der Waals surface area contributed by atoms with Crippen molar-refractivity contribution < 1.29 is 26.8 Å². The summed E-state index contributed by atoms with van der Waals surface area (Å²) in [6.45, 7) is 0. The topological polar surface area (TPSA) is 39.1 Å². The molecule has 10 heteroatoms. The average molecular weight is 428 g/mol. The van der Waals surface area contributed by atoms with Crippen molar-refractivity contribution in [3.8, 4) is 5.69 Å². The number of nitrogens with one attached hydrogen (secondary N) is 1. The van der Waals surface area contributed by atoms with Gasteiger partial charge in [0.1, 0.15) is 11.6 Å². The number of hydroxylamine groups is 1. The van der Waals surface area contributed by atoms with E-state index in [2.05, 4.69) is 10.6 Å². The molecule has 1 unspecified atom stereocenters. The molecule has 0 radical (unpaired) electrons. The first-order chi connectivity index (χ1) is 13.8. The van der Waals surface area contributed by atoms with E-state index in [1.165, 1.54) is 36.4 Å². The summed E-state index contributed by atoms with van der Waals surface area (Å²) in [5.41, 5.74) is 0.847. The van der Waals surface area contributed by atoms with Crippen LogP contribution < -0.4 is 5.48 Å². The third-order valence-corrected chi connectivity index (χ3v) is 4.61. The van der Waals surface area contributed by atoms with Gasteiger partial charge in [-0.3, -0.25) is 0 Å². The first-order valence-electron chi connectivity index (χ1n) is 8.25. The number of hydrogen-bond donors (Lipinski definition) is 1. The second-order valence-corrected chi connectivity index (χ2v) is 6.57. The molecule has 3 aromatic rings. The molecule has 1 aliphatic rings. The third kappa shape index (κ3) is 3.58. The zero-order chi connectivity index (χ0) is 20.8. The van der Waals surface area contributed by atoms with Crippen molar-refractivity contribution >= 4 is 17.4 Å². The Morgan fingerprint density at radius 1 is 1.10 bits per heavy atom. The Kier molecular flexibility index (Phi) is 4.79. The maximum absolute atomic E-state index is 14.1. The molecule has 0 saturated carbocycles. The summed E-state index contributed by atoms with van der Waals surface area (Å²) in [5.74, 6) is -1.55. The molecule has 4 nitrogen and oxygen atoms in total. The summed E-state index contributed by atoms with van der Waals surface area (Å²) >= 11 is 6.01. The van der Waals surface area contributed by atoms with Crippen molar-refractivity contribution in [1.82, 2.24) is 15.3 Å². The second-order valence-electron chi connectivity index (χ2n) is 6.16. The Balaban J connectivity index is 1.80. The number of rotatable bonds is 3. The molecule has 4 rings (SSSR count). The highest BCUT2D eigenvalue weighted by Crippen LogP contribution is 2.40. The molecule has 29 heavy (non-hydrogen) atoms. The van der Waals surface area contributed by atoms with E-state index < -0.39 is 29.5 Å². The van der Waals surface area contributed by atoms with Gasteiger partial charge in [0, 0.05) is 10.6 Å². The number of nitrogens with zero attached hydrogens (tertiary/aromatic N) is 2. The van der Waals surface area contributed by atoms with Crippen LogP contribution in [0.4, 0.5) is 22.0 Å². The minimum Gasteiger partial charge on any atom is -0.407 e. The van der Waals surface area contributed by atoms with Crippen molar-refractivity contribution in [2.75, 3.05) is 0 Å². The molecule has 2 heterocycles. The van der Waals surface area contributed by atoms with Crippen molar-refractivity contribution in [3.63, 3.8) is 0 Å². The van der Waals surface area contributed by atoms with Gasteiger partial charge in [-0.05, 0) is 36.4 Å². The first-order valence-corrected chi connectivity index (χ1v) is 8.63. The fraction of sp³-hybridized carbons (Fsp3) is 0.105. The Morgan fingerprint density at radius 2 is 1.86 bits per heavy atom. The molecule has 0 spiro atoms. The summed E-state index contributed by atoms with van der Waals surface area (Å²) in [4.78, 5) is 5.18. The number of aromatic nitrogens is 2. The molecule has 0 aliphatic carbocycles. The van der Waals surface area contributed by atoms with E-state index in [1.54, 1.807) is 0 Å². The third-order valence-electron chi connectivity index (χ3n) is 4.28. The predicted molar refractivity (Wildman–Crippen MR) is 94.9 cm³/mol. The number of hydrogen-bond acceptors (Lipinski definition) is 3. The predicted octanol–water partition coefficient (Wildman–Crippen LogP) is 5.44. The molecule has 0 bridgehead atoms. The van der Waals surface area contributed by atoms with Crippen LogP contribution in [0.2, 0.25) is 5.02 Å². The van der Waals surface area contributed by atoms with Crippen molar-refractivity contribution in [2.24, 2.45) is 0 Å². The zero-order valence-corrected chi connectivity index (χ0v) is 15.1. The Hall–Kier alpha value is -2.91. The second kappa shape index (κ2) is 7.16. The lowest BCUT2D eigenvalue weighted by molar-refractivity contribution is -0.143. The summed E-state index contributed by atoms with van der Waals surface area (Å²) in [5, 5.41) is 3.85. The highest BCUT2D eigenvalue weighted by atomic mass is 35.5. The van der Waals surface area contributed by atoms with Crippen LogP contribution in [0.15, 0.2) is 54.7 Å². The first kappa shape index (κ1) is 19.4. The van der Waals surface area contributed by atoms with E-state index in [0.717, 1.165) is 18.3 Å². The summed E-state index contributed by atoms with van der Waals surface area (Å²) in [6, 6.07) is 7.74. The van der Waals surface area contributed by atoms with E-state index in [-0.39, 0.29) is 27.6 Å². The van der Waals surface area contributed by atoms with Gasteiger partial charge in [-0.15, -0.1) is 5.48 Å². The van der Waals surface area contributed by atoms with Gasteiger partial charge >= 0.3 is 6.18 Å². The van der Waals surface area contributed by atoms with Crippen molar-refractivity contribution in [3.05, 3.63) is 88.2 Å². The summed E-state index contributed by atoms with van der Waals surface area (Å²) < 4.78 is 69.6. The Morgan fingerprint density at radius 3 is 2.55 bits per heavy atom. The molecule has 150 valence electrons. The van der Waals surface area contributed by atoms with Crippen molar-refractivity contribution in [2.45, 2.75) is 12.2 Å². The van der Waals surface area contributed by atoms with Crippen LogP contribution in [0, 0.1) is 11.6 Å². The molecule has 1 atom stereocenters. The minimum atomic E-state index is -4.82. The lowest BCUT2D eigenvalue weighted by Gasteiger charge is -2.13. The molecule has 0 fully saturated rings. The number of alkyl halides is 3. The standard InChI is InChI=1S/C19H11ClF5N3O/c20-13-5-2-6-14(22)17(13)15-8-16(29-27-15)12-9-26-28(18(12)19(23,24)25)11-4-1-3-10(21)7-11/h1-9,15,27H. The van der Waals surface area contributed by atoms with E-state index in [1.807, 2.05) is 0 Å². The molecule has 2 aromatic carbocycles. The van der Waals surface area contributed by atoms with Gasteiger partial charge in [-0.1, -0.05) is 23.7 Å². The van der Waals surface area contributed by atoms with Crippen LogP contribution in [0.25, 0.3) is 11.4 Å². The molecular formula is C19H11ClF5N3O. The van der Waals surface area contributed by atoms with E-state index >= 15 is 0 Å². The molecule has 1 N–H and O–H groups in total. The zero-order valence-electron chi connectivity index (χ0n) is 14.3. The monoisotopic (exact) mass is 427 g/mol. The number of halogens is 6. The van der Waals surface area contributed by atoms with Crippen LogP contribution in [0.1, 0.15) is 22.9 Å². The van der Waals surface area contributed by atoms with Crippen molar-refractivity contribution in [1.29, 1.82) is 0 Å². The van der Waals surface area contributed by atoms with Gasteiger partial charge in [-0.25, -0.2) is 13.5 Å². The highest BCUT2D eigenvalue weighted by Gasteiger charge is 2.41. The Bertz CT molecular complexity index is 1090. The van der Waals surface area contributed by atoms with Gasteiger partial charge in [-0.2, -0.15) is 18.3 Å². The molecular weight excluding hydrogens is 417 g/mol. The number of benzene rings is 2. The SMILES string of the molecule is Fc1cccc(-n2ncc(C3=CC(c4c(F)cccc4Cl)NO3)c2C(F)(F)F)c1.